The standard InChI is InChI=1S/C19H17FN4O/c1-13-3-5-14(6-4-13)15-7-8-16(17(20)11-15)18(25)23-9-2-10-24-19(23)21-12-22-24/h3-8,11-12H,2,9-10H2,1H3. The van der Waals surface area contributed by atoms with Crippen molar-refractivity contribution in [2.75, 3.05) is 11.4 Å². The van der Waals surface area contributed by atoms with Crippen LogP contribution in [0.2, 0.25) is 0 Å². The van der Waals surface area contributed by atoms with Crippen LogP contribution in [0.5, 0.6) is 0 Å². The molecular weight excluding hydrogens is 319 g/mol. The number of aryl methyl sites for hydroxylation is 2. The van der Waals surface area contributed by atoms with Crippen LogP contribution in [0.1, 0.15) is 22.3 Å². The maximum absolute atomic E-state index is 14.6. The molecular formula is C19H17FN4O. The van der Waals surface area contributed by atoms with Crippen molar-refractivity contribution in [3.8, 4) is 11.1 Å². The van der Waals surface area contributed by atoms with Crippen LogP contribution in [0.25, 0.3) is 11.1 Å². The van der Waals surface area contributed by atoms with Gasteiger partial charge in [-0.05, 0) is 36.6 Å². The van der Waals surface area contributed by atoms with Crippen molar-refractivity contribution in [3.05, 3.63) is 65.7 Å². The lowest BCUT2D eigenvalue weighted by molar-refractivity contribution is 0.0976. The SMILES string of the molecule is Cc1ccc(-c2ccc(C(=O)N3CCCn4ncnc43)c(F)c2)cc1. The van der Waals surface area contributed by atoms with E-state index in [9.17, 15) is 9.18 Å². The van der Waals surface area contributed by atoms with Gasteiger partial charge in [0.2, 0.25) is 5.95 Å². The van der Waals surface area contributed by atoms with Gasteiger partial charge in [-0.3, -0.25) is 9.69 Å². The minimum absolute atomic E-state index is 0.0484. The van der Waals surface area contributed by atoms with E-state index in [1.165, 1.54) is 17.3 Å². The van der Waals surface area contributed by atoms with Crippen molar-refractivity contribution < 1.29 is 9.18 Å². The Bertz CT molecular complexity index is 933. The number of benzene rings is 2. The van der Waals surface area contributed by atoms with Crippen molar-refractivity contribution in [1.29, 1.82) is 0 Å². The van der Waals surface area contributed by atoms with Gasteiger partial charge in [0.25, 0.3) is 5.91 Å². The molecule has 1 aliphatic rings. The molecule has 0 N–H and O–H groups in total. The number of aromatic nitrogens is 3. The lowest BCUT2D eigenvalue weighted by Gasteiger charge is -2.26. The first-order chi connectivity index (χ1) is 12.1. The Kier molecular flexibility index (Phi) is 3.80. The fourth-order valence-electron chi connectivity index (χ4n) is 3.06. The fourth-order valence-corrected chi connectivity index (χ4v) is 3.06. The van der Waals surface area contributed by atoms with E-state index >= 15 is 0 Å². The average Bonchev–Trinajstić information content (AvgIpc) is 3.10. The molecule has 0 fully saturated rings. The van der Waals surface area contributed by atoms with Crippen molar-refractivity contribution in [3.63, 3.8) is 0 Å². The third-order valence-corrected chi connectivity index (χ3v) is 4.42. The van der Waals surface area contributed by atoms with E-state index in [1.54, 1.807) is 16.8 Å². The highest BCUT2D eigenvalue weighted by Crippen LogP contribution is 2.25. The number of amides is 1. The molecule has 0 unspecified atom stereocenters. The van der Waals surface area contributed by atoms with Crippen molar-refractivity contribution in [2.24, 2.45) is 0 Å². The summed E-state index contributed by atoms with van der Waals surface area (Å²) in [5.41, 5.74) is 2.86. The number of rotatable bonds is 2. The Morgan fingerprint density at radius 1 is 1.08 bits per heavy atom. The zero-order valence-corrected chi connectivity index (χ0v) is 13.8. The minimum atomic E-state index is -0.528. The first-order valence-corrected chi connectivity index (χ1v) is 8.20. The summed E-state index contributed by atoms with van der Waals surface area (Å²) >= 11 is 0. The second kappa shape index (κ2) is 6.12. The Balaban J connectivity index is 1.66. The van der Waals surface area contributed by atoms with Crippen LogP contribution in [0, 0.1) is 12.7 Å². The quantitative estimate of drug-likeness (QED) is 0.720. The highest BCUT2D eigenvalue weighted by molar-refractivity contribution is 6.05. The minimum Gasteiger partial charge on any atom is -0.277 e. The predicted octanol–water partition coefficient (Wildman–Crippen LogP) is 3.44. The van der Waals surface area contributed by atoms with Gasteiger partial charge in [-0.25, -0.2) is 9.07 Å². The average molecular weight is 336 g/mol. The van der Waals surface area contributed by atoms with Crippen molar-refractivity contribution >= 4 is 11.9 Å². The Morgan fingerprint density at radius 3 is 2.60 bits per heavy atom. The molecule has 2 aromatic carbocycles. The van der Waals surface area contributed by atoms with Gasteiger partial charge in [0.1, 0.15) is 12.1 Å². The molecule has 3 aromatic rings. The highest BCUT2D eigenvalue weighted by atomic mass is 19.1. The highest BCUT2D eigenvalue weighted by Gasteiger charge is 2.27. The van der Waals surface area contributed by atoms with E-state index in [2.05, 4.69) is 10.1 Å². The number of hydrogen-bond donors (Lipinski definition) is 0. The summed E-state index contributed by atoms with van der Waals surface area (Å²) in [6, 6.07) is 12.6. The number of carbonyl (C=O) groups is 1. The lowest BCUT2D eigenvalue weighted by atomic mass is 10.0. The Labute approximate surface area is 144 Å². The number of carbonyl (C=O) groups excluding carboxylic acids is 1. The molecule has 0 saturated carbocycles. The summed E-state index contributed by atoms with van der Waals surface area (Å²) in [6.07, 6.45) is 2.18. The number of hydrogen-bond acceptors (Lipinski definition) is 3. The molecule has 0 bridgehead atoms. The smallest absolute Gasteiger partial charge is 0.263 e. The molecule has 126 valence electrons. The molecule has 0 atom stereocenters. The van der Waals surface area contributed by atoms with Gasteiger partial charge in [-0.15, -0.1) is 0 Å². The topological polar surface area (TPSA) is 51.0 Å². The van der Waals surface area contributed by atoms with Gasteiger partial charge in [-0.2, -0.15) is 10.1 Å². The second-order valence-electron chi connectivity index (χ2n) is 6.15. The monoisotopic (exact) mass is 336 g/mol. The van der Waals surface area contributed by atoms with Gasteiger partial charge in [0.15, 0.2) is 0 Å². The van der Waals surface area contributed by atoms with Gasteiger partial charge < -0.3 is 0 Å². The molecule has 1 aromatic heterocycles. The van der Waals surface area contributed by atoms with E-state index in [1.807, 2.05) is 31.2 Å². The number of nitrogens with zero attached hydrogens (tertiary/aromatic N) is 4. The van der Waals surface area contributed by atoms with Crippen LogP contribution in [0.4, 0.5) is 10.3 Å². The lowest BCUT2D eigenvalue weighted by Crippen LogP contribution is -2.38. The van der Waals surface area contributed by atoms with Crippen LogP contribution >= 0.6 is 0 Å². The van der Waals surface area contributed by atoms with Gasteiger partial charge in [0.05, 0.1) is 5.56 Å². The molecule has 0 spiro atoms. The molecule has 0 radical (unpaired) electrons. The summed E-state index contributed by atoms with van der Waals surface area (Å²) in [5, 5.41) is 4.08. The molecule has 0 saturated heterocycles. The molecule has 5 nitrogen and oxygen atoms in total. The molecule has 2 heterocycles. The molecule has 4 rings (SSSR count). The first-order valence-electron chi connectivity index (χ1n) is 8.20. The van der Waals surface area contributed by atoms with Crippen LogP contribution in [-0.4, -0.2) is 27.2 Å². The summed E-state index contributed by atoms with van der Waals surface area (Å²) in [7, 11) is 0. The Hall–Kier alpha value is -3.02. The van der Waals surface area contributed by atoms with E-state index in [0.29, 0.717) is 19.0 Å². The molecule has 0 aliphatic carbocycles. The summed E-state index contributed by atoms with van der Waals surface area (Å²) in [5.74, 6) is -0.445. The van der Waals surface area contributed by atoms with E-state index in [-0.39, 0.29) is 11.5 Å². The Morgan fingerprint density at radius 2 is 1.84 bits per heavy atom. The molecule has 6 heteroatoms. The van der Waals surface area contributed by atoms with Gasteiger partial charge >= 0.3 is 0 Å². The normalized spacial score (nSPS) is 13.6. The van der Waals surface area contributed by atoms with E-state index in [4.69, 9.17) is 0 Å². The number of anilines is 1. The molecule has 1 aliphatic heterocycles. The molecule has 1 amide bonds. The fraction of sp³-hybridized carbons (Fsp3) is 0.211. The van der Waals surface area contributed by atoms with Crippen LogP contribution in [0.15, 0.2) is 48.8 Å². The van der Waals surface area contributed by atoms with Crippen LogP contribution in [0.3, 0.4) is 0 Å². The second-order valence-corrected chi connectivity index (χ2v) is 6.15. The van der Waals surface area contributed by atoms with E-state index < -0.39 is 5.82 Å². The predicted molar refractivity (Wildman–Crippen MR) is 92.9 cm³/mol. The summed E-state index contributed by atoms with van der Waals surface area (Å²) < 4.78 is 16.3. The van der Waals surface area contributed by atoms with Crippen LogP contribution in [-0.2, 0) is 6.54 Å². The maximum Gasteiger partial charge on any atom is 0.263 e. The third-order valence-electron chi connectivity index (χ3n) is 4.42. The third kappa shape index (κ3) is 2.80. The zero-order chi connectivity index (χ0) is 17.4. The molecule has 25 heavy (non-hydrogen) atoms. The van der Waals surface area contributed by atoms with Gasteiger partial charge in [0, 0.05) is 13.1 Å². The van der Waals surface area contributed by atoms with Crippen molar-refractivity contribution in [1.82, 2.24) is 14.8 Å². The van der Waals surface area contributed by atoms with E-state index in [0.717, 1.165) is 23.1 Å². The number of halogens is 1. The number of fused-ring (bicyclic) bond motifs is 1. The van der Waals surface area contributed by atoms with Crippen LogP contribution < -0.4 is 4.90 Å². The largest absolute Gasteiger partial charge is 0.277 e. The zero-order valence-electron chi connectivity index (χ0n) is 13.8. The van der Waals surface area contributed by atoms with Crippen molar-refractivity contribution in [2.45, 2.75) is 19.9 Å². The maximum atomic E-state index is 14.6. The summed E-state index contributed by atoms with van der Waals surface area (Å²) in [4.78, 5) is 18.4. The first kappa shape index (κ1) is 15.5. The summed E-state index contributed by atoms with van der Waals surface area (Å²) in [6.45, 7) is 3.23. The van der Waals surface area contributed by atoms with Gasteiger partial charge in [-0.1, -0.05) is 35.9 Å².